The first-order valence-electron chi connectivity index (χ1n) is 13.9. The standard InChI is InChI=1S/C32H41B2NO4/c1-22-19-23(2)21-28(20-22)35(26-15-11-24(12-16-26)33-36-29(3,4)30(5,6)37-33)27-17-13-25(14-18-27)34-38-31(7,8)32(9,10)39-34/h11-21H,1-10H3. The van der Waals surface area contributed by atoms with Gasteiger partial charge in [-0.1, -0.05) is 30.3 Å². The lowest BCUT2D eigenvalue weighted by atomic mass is 9.79. The topological polar surface area (TPSA) is 40.2 Å². The molecule has 5 rings (SSSR count). The first kappa shape index (κ1) is 28.0. The molecule has 0 bridgehead atoms. The van der Waals surface area contributed by atoms with Gasteiger partial charge in [0, 0.05) is 17.1 Å². The number of nitrogens with zero attached hydrogens (tertiary/aromatic N) is 1. The van der Waals surface area contributed by atoms with Gasteiger partial charge in [-0.2, -0.15) is 0 Å². The van der Waals surface area contributed by atoms with E-state index in [1.807, 2.05) is 0 Å². The van der Waals surface area contributed by atoms with Crippen molar-refractivity contribution in [2.75, 3.05) is 4.90 Å². The van der Waals surface area contributed by atoms with Crippen molar-refractivity contribution in [2.45, 2.75) is 91.6 Å². The zero-order valence-corrected chi connectivity index (χ0v) is 25.1. The van der Waals surface area contributed by atoms with Crippen LogP contribution in [0.2, 0.25) is 0 Å². The molecule has 0 aliphatic carbocycles. The predicted molar refractivity (Wildman–Crippen MR) is 162 cm³/mol. The van der Waals surface area contributed by atoms with Gasteiger partial charge in [-0.15, -0.1) is 0 Å². The molecule has 0 amide bonds. The van der Waals surface area contributed by atoms with Gasteiger partial charge < -0.3 is 23.5 Å². The van der Waals surface area contributed by atoms with E-state index in [1.54, 1.807) is 0 Å². The fourth-order valence-electron chi connectivity index (χ4n) is 5.05. The minimum atomic E-state index is -0.391. The van der Waals surface area contributed by atoms with E-state index in [0.717, 1.165) is 28.0 Å². The van der Waals surface area contributed by atoms with E-state index < -0.39 is 14.2 Å². The van der Waals surface area contributed by atoms with Crippen molar-refractivity contribution in [1.82, 2.24) is 0 Å². The van der Waals surface area contributed by atoms with Gasteiger partial charge >= 0.3 is 14.2 Å². The summed E-state index contributed by atoms with van der Waals surface area (Å²) in [6.45, 7) is 20.9. The molecule has 2 heterocycles. The normalized spacial score (nSPS) is 20.9. The number of hydrogen-bond donors (Lipinski definition) is 0. The van der Waals surface area contributed by atoms with Crippen molar-refractivity contribution in [3.05, 3.63) is 77.9 Å². The summed E-state index contributed by atoms with van der Waals surface area (Å²) in [4.78, 5) is 2.28. The fourth-order valence-corrected chi connectivity index (χ4v) is 5.05. The molecule has 5 nitrogen and oxygen atoms in total. The Labute approximate surface area is 235 Å². The molecule has 204 valence electrons. The van der Waals surface area contributed by atoms with Crippen molar-refractivity contribution in [3.8, 4) is 0 Å². The van der Waals surface area contributed by atoms with Gasteiger partial charge in [0.05, 0.1) is 22.4 Å². The van der Waals surface area contributed by atoms with E-state index in [9.17, 15) is 0 Å². The molecule has 2 saturated heterocycles. The van der Waals surface area contributed by atoms with Crippen LogP contribution in [0.3, 0.4) is 0 Å². The molecule has 39 heavy (non-hydrogen) atoms. The van der Waals surface area contributed by atoms with Gasteiger partial charge in [0.1, 0.15) is 0 Å². The second-order valence-electron chi connectivity index (χ2n) is 13.0. The van der Waals surface area contributed by atoms with Crippen LogP contribution in [0.4, 0.5) is 17.1 Å². The number of rotatable bonds is 5. The zero-order valence-electron chi connectivity index (χ0n) is 25.1. The van der Waals surface area contributed by atoms with Crippen LogP contribution in [0, 0.1) is 13.8 Å². The van der Waals surface area contributed by atoms with E-state index in [4.69, 9.17) is 18.6 Å². The second-order valence-corrected chi connectivity index (χ2v) is 13.0. The number of benzene rings is 3. The molecule has 2 fully saturated rings. The van der Waals surface area contributed by atoms with Crippen LogP contribution in [-0.2, 0) is 18.6 Å². The van der Waals surface area contributed by atoms with Gasteiger partial charge in [0.15, 0.2) is 0 Å². The number of hydrogen-bond acceptors (Lipinski definition) is 5. The molecule has 2 aliphatic rings. The lowest BCUT2D eigenvalue weighted by Crippen LogP contribution is -2.41. The maximum atomic E-state index is 6.28. The van der Waals surface area contributed by atoms with Gasteiger partial charge in [-0.25, -0.2) is 0 Å². The summed E-state index contributed by atoms with van der Waals surface area (Å²) < 4.78 is 25.1. The zero-order chi connectivity index (χ0) is 28.4. The minimum Gasteiger partial charge on any atom is -0.399 e. The number of aryl methyl sites for hydroxylation is 2. The SMILES string of the molecule is Cc1cc(C)cc(N(c2ccc(B3OC(C)(C)C(C)(C)O3)cc2)c2ccc(B3OC(C)(C)C(C)(C)O3)cc2)c1. The van der Waals surface area contributed by atoms with E-state index in [-0.39, 0.29) is 22.4 Å². The van der Waals surface area contributed by atoms with Crippen molar-refractivity contribution in [1.29, 1.82) is 0 Å². The highest BCUT2D eigenvalue weighted by atomic mass is 16.7. The summed E-state index contributed by atoms with van der Waals surface area (Å²) in [6, 6.07) is 23.6. The molecule has 0 aromatic heterocycles. The Morgan fingerprint density at radius 3 is 1.08 bits per heavy atom. The summed E-state index contributed by atoms with van der Waals surface area (Å²) in [5.41, 5.74) is 6.19. The molecule has 0 spiro atoms. The van der Waals surface area contributed by atoms with E-state index in [1.165, 1.54) is 11.1 Å². The highest BCUT2D eigenvalue weighted by Crippen LogP contribution is 2.39. The Morgan fingerprint density at radius 1 is 0.462 bits per heavy atom. The van der Waals surface area contributed by atoms with Gasteiger partial charge in [0.2, 0.25) is 0 Å². The quantitative estimate of drug-likeness (QED) is 0.362. The Morgan fingerprint density at radius 2 is 0.769 bits per heavy atom. The van der Waals surface area contributed by atoms with Crippen molar-refractivity contribution in [3.63, 3.8) is 0 Å². The first-order valence-corrected chi connectivity index (χ1v) is 13.9. The van der Waals surface area contributed by atoms with Crippen LogP contribution in [0.15, 0.2) is 66.7 Å². The molecular weight excluding hydrogens is 484 g/mol. The van der Waals surface area contributed by atoms with Crippen molar-refractivity contribution < 1.29 is 18.6 Å². The highest BCUT2D eigenvalue weighted by molar-refractivity contribution is 6.62. The van der Waals surface area contributed by atoms with Crippen LogP contribution < -0.4 is 15.8 Å². The van der Waals surface area contributed by atoms with Crippen LogP contribution in [0.25, 0.3) is 0 Å². The Balaban J connectivity index is 1.48. The van der Waals surface area contributed by atoms with Gasteiger partial charge in [0.25, 0.3) is 0 Å². The molecule has 3 aromatic carbocycles. The van der Waals surface area contributed by atoms with Crippen LogP contribution >= 0.6 is 0 Å². The fraction of sp³-hybridized carbons (Fsp3) is 0.438. The molecule has 0 saturated carbocycles. The Bertz CT molecular complexity index is 1220. The van der Waals surface area contributed by atoms with E-state index in [2.05, 4.69) is 141 Å². The molecule has 7 heteroatoms. The van der Waals surface area contributed by atoms with Crippen LogP contribution in [0.5, 0.6) is 0 Å². The molecule has 0 unspecified atom stereocenters. The Hall–Kier alpha value is -2.57. The number of anilines is 3. The minimum absolute atomic E-state index is 0.375. The second kappa shape index (κ2) is 9.52. The maximum Gasteiger partial charge on any atom is 0.494 e. The van der Waals surface area contributed by atoms with Gasteiger partial charge in [-0.05, 0) is 128 Å². The third-order valence-corrected chi connectivity index (χ3v) is 8.82. The third kappa shape index (κ3) is 5.18. The summed E-state index contributed by atoms with van der Waals surface area (Å²) >= 11 is 0. The monoisotopic (exact) mass is 525 g/mol. The first-order chi connectivity index (χ1) is 18.1. The van der Waals surface area contributed by atoms with E-state index in [0.29, 0.717) is 0 Å². The van der Waals surface area contributed by atoms with Crippen LogP contribution in [0.1, 0.15) is 66.5 Å². The lowest BCUT2D eigenvalue weighted by molar-refractivity contribution is 0.00578. The Kier molecular flexibility index (Phi) is 6.83. The summed E-state index contributed by atoms with van der Waals surface area (Å²) in [7, 11) is -0.782. The average molecular weight is 525 g/mol. The van der Waals surface area contributed by atoms with Crippen molar-refractivity contribution >= 4 is 42.2 Å². The van der Waals surface area contributed by atoms with Crippen LogP contribution in [-0.4, -0.2) is 36.6 Å². The largest absolute Gasteiger partial charge is 0.494 e. The molecular formula is C32H41B2NO4. The molecule has 2 aliphatic heterocycles. The summed E-state index contributed by atoms with van der Waals surface area (Å²) in [5, 5.41) is 0. The summed E-state index contributed by atoms with van der Waals surface area (Å²) in [5.74, 6) is 0. The molecule has 0 radical (unpaired) electrons. The third-order valence-electron chi connectivity index (χ3n) is 8.82. The summed E-state index contributed by atoms with van der Waals surface area (Å²) in [6.07, 6.45) is 0. The molecule has 0 N–H and O–H groups in total. The maximum absolute atomic E-state index is 6.28. The molecule has 3 aromatic rings. The van der Waals surface area contributed by atoms with Crippen molar-refractivity contribution in [2.24, 2.45) is 0 Å². The lowest BCUT2D eigenvalue weighted by Gasteiger charge is -2.32. The van der Waals surface area contributed by atoms with E-state index >= 15 is 0 Å². The smallest absolute Gasteiger partial charge is 0.399 e. The molecule has 0 atom stereocenters. The highest BCUT2D eigenvalue weighted by Gasteiger charge is 2.52. The van der Waals surface area contributed by atoms with Gasteiger partial charge in [-0.3, -0.25) is 0 Å². The predicted octanol–water partition coefficient (Wildman–Crippen LogP) is 6.37. The average Bonchev–Trinajstić information content (AvgIpc) is 3.19.